The zero-order valence-corrected chi connectivity index (χ0v) is 17.5. The summed E-state index contributed by atoms with van der Waals surface area (Å²) in [6.45, 7) is 9.79. The van der Waals surface area contributed by atoms with Crippen molar-refractivity contribution in [2.24, 2.45) is 4.99 Å². The maximum Gasteiger partial charge on any atom is 0.191 e. The van der Waals surface area contributed by atoms with Gasteiger partial charge in [0.15, 0.2) is 5.96 Å². The van der Waals surface area contributed by atoms with Crippen molar-refractivity contribution in [3.05, 3.63) is 29.8 Å². The van der Waals surface area contributed by atoms with Crippen LogP contribution in [0.15, 0.2) is 29.3 Å². The fraction of sp³-hybridized carbons (Fsp3) is 0.611. The second kappa shape index (κ2) is 10.8. The van der Waals surface area contributed by atoms with Gasteiger partial charge in [-0.05, 0) is 38.8 Å². The summed E-state index contributed by atoms with van der Waals surface area (Å²) in [6, 6.07) is 9.30. The highest BCUT2D eigenvalue weighted by Gasteiger charge is 2.22. The van der Waals surface area contributed by atoms with Crippen molar-refractivity contribution >= 4 is 35.6 Å². The van der Waals surface area contributed by atoms with E-state index in [9.17, 15) is 0 Å². The lowest BCUT2D eigenvalue weighted by Crippen LogP contribution is -2.45. The lowest BCUT2D eigenvalue weighted by molar-refractivity contribution is 0.179. The molecular formula is C18H31IN4O. The third kappa shape index (κ3) is 5.81. The van der Waals surface area contributed by atoms with E-state index in [0.29, 0.717) is 12.6 Å². The van der Waals surface area contributed by atoms with E-state index in [4.69, 9.17) is 9.73 Å². The normalized spacial score (nSPS) is 16.2. The molecule has 1 aromatic carbocycles. The maximum atomic E-state index is 5.18. The Morgan fingerprint density at radius 3 is 2.79 bits per heavy atom. The number of halogens is 1. The monoisotopic (exact) mass is 446 g/mol. The molecule has 1 aliphatic heterocycles. The summed E-state index contributed by atoms with van der Waals surface area (Å²) in [5, 5.41) is 6.68. The molecule has 0 saturated heterocycles. The van der Waals surface area contributed by atoms with Gasteiger partial charge in [-0.1, -0.05) is 18.2 Å². The number of ether oxygens (including phenoxy) is 1. The molecule has 1 aromatic rings. The molecule has 2 N–H and O–H groups in total. The molecule has 0 spiro atoms. The van der Waals surface area contributed by atoms with E-state index in [1.165, 1.54) is 11.3 Å². The van der Waals surface area contributed by atoms with Crippen molar-refractivity contribution in [1.82, 2.24) is 10.6 Å². The van der Waals surface area contributed by atoms with Crippen molar-refractivity contribution in [2.45, 2.75) is 39.3 Å². The zero-order chi connectivity index (χ0) is 16.7. The van der Waals surface area contributed by atoms with Crippen molar-refractivity contribution in [2.75, 3.05) is 38.3 Å². The van der Waals surface area contributed by atoms with E-state index in [-0.39, 0.29) is 30.0 Å². The van der Waals surface area contributed by atoms with Gasteiger partial charge in [0.1, 0.15) is 0 Å². The molecular weight excluding hydrogens is 415 g/mol. The first-order valence-electron chi connectivity index (χ1n) is 8.54. The van der Waals surface area contributed by atoms with Crippen molar-refractivity contribution in [1.29, 1.82) is 0 Å². The molecule has 1 heterocycles. The third-order valence-corrected chi connectivity index (χ3v) is 4.11. The van der Waals surface area contributed by atoms with Crippen LogP contribution in [-0.2, 0) is 11.2 Å². The van der Waals surface area contributed by atoms with E-state index >= 15 is 0 Å². The largest absolute Gasteiger partial charge is 0.383 e. The molecule has 0 amide bonds. The van der Waals surface area contributed by atoms with Gasteiger partial charge >= 0.3 is 0 Å². The van der Waals surface area contributed by atoms with E-state index < -0.39 is 0 Å². The molecule has 1 aliphatic rings. The van der Waals surface area contributed by atoms with Gasteiger partial charge in [0, 0.05) is 38.0 Å². The molecule has 2 rings (SSSR count). The molecule has 0 radical (unpaired) electrons. The number of hydrogen-bond donors (Lipinski definition) is 2. The molecule has 0 aromatic heterocycles. The minimum Gasteiger partial charge on any atom is -0.383 e. The molecule has 0 aliphatic carbocycles. The molecule has 5 nitrogen and oxygen atoms in total. The Labute approximate surface area is 163 Å². The molecule has 2 unspecified atom stereocenters. The zero-order valence-electron chi connectivity index (χ0n) is 15.2. The first-order chi connectivity index (χ1) is 11.2. The lowest BCUT2D eigenvalue weighted by atomic mass is 10.2. The average Bonchev–Trinajstić information content (AvgIpc) is 2.97. The van der Waals surface area contributed by atoms with Gasteiger partial charge < -0.3 is 20.3 Å². The van der Waals surface area contributed by atoms with E-state index in [1.807, 2.05) is 0 Å². The van der Waals surface area contributed by atoms with Crippen LogP contribution >= 0.6 is 24.0 Å². The van der Waals surface area contributed by atoms with Gasteiger partial charge in [0.05, 0.1) is 13.2 Å². The molecule has 0 bridgehead atoms. The van der Waals surface area contributed by atoms with E-state index in [2.05, 4.69) is 60.6 Å². The molecule has 24 heavy (non-hydrogen) atoms. The maximum absolute atomic E-state index is 5.18. The number of hydrogen-bond acceptors (Lipinski definition) is 3. The number of benzene rings is 1. The second-order valence-corrected chi connectivity index (χ2v) is 6.14. The van der Waals surface area contributed by atoms with Crippen LogP contribution in [0.5, 0.6) is 0 Å². The van der Waals surface area contributed by atoms with E-state index in [0.717, 1.165) is 32.0 Å². The van der Waals surface area contributed by atoms with Crippen LogP contribution in [0.25, 0.3) is 0 Å². The molecule has 2 atom stereocenters. The lowest BCUT2D eigenvalue weighted by Gasteiger charge is -2.26. The van der Waals surface area contributed by atoms with Crippen LogP contribution in [0.4, 0.5) is 5.69 Å². The highest BCUT2D eigenvalue weighted by atomic mass is 127. The summed E-state index contributed by atoms with van der Waals surface area (Å²) in [5.74, 6) is 0.858. The first-order valence-corrected chi connectivity index (χ1v) is 8.54. The topological polar surface area (TPSA) is 48.9 Å². The number of nitrogens with zero attached hydrogens (tertiary/aromatic N) is 2. The SMILES string of the molecule is CCNC(=NCC(C)N1CCc2ccccc21)NC(C)COC.I. The summed E-state index contributed by atoms with van der Waals surface area (Å²) in [4.78, 5) is 7.21. The van der Waals surface area contributed by atoms with Crippen LogP contribution in [0.2, 0.25) is 0 Å². The van der Waals surface area contributed by atoms with Crippen molar-refractivity contribution in [3.8, 4) is 0 Å². The standard InChI is InChI=1S/C18H30N4O.HI/c1-5-19-18(21-14(2)13-23-4)20-12-15(3)22-11-10-16-8-6-7-9-17(16)22;/h6-9,14-15H,5,10-13H2,1-4H3,(H2,19,20,21);1H. The summed E-state index contributed by atoms with van der Waals surface area (Å²) in [6.07, 6.45) is 1.13. The fourth-order valence-corrected chi connectivity index (χ4v) is 2.99. The summed E-state index contributed by atoms with van der Waals surface area (Å²) in [5.41, 5.74) is 2.81. The Morgan fingerprint density at radius 1 is 1.33 bits per heavy atom. The summed E-state index contributed by atoms with van der Waals surface area (Å²) < 4.78 is 5.18. The highest BCUT2D eigenvalue weighted by Crippen LogP contribution is 2.29. The van der Waals surface area contributed by atoms with Gasteiger partial charge in [0.25, 0.3) is 0 Å². The number of fused-ring (bicyclic) bond motifs is 1. The first kappa shape index (κ1) is 21.0. The highest BCUT2D eigenvalue weighted by molar-refractivity contribution is 14.0. The predicted octanol–water partition coefficient (Wildman–Crippen LogP) is 2.65. The Bertz CT molecular complexity index is 523. The van der Waals surface area contributed by atoms with Gasteiger partial charge in [-0.15, -0.1) is 24.0 Å². The Balaban J connectivity index is 0.00000288. The number of aliphatic imine (C=N–C) groups is 1. The van der Waals surface area contributed by atoms with Crippen LogP contribution in [0.3, 0.4) is 0 Å². The number of rotatable bonds is 7. The number of para-hydroxylation sites is 1. The van der Waals surface area contributed by atoms with Crippen molar-refractivity contribution < 1.29 is 4.74 Å². The number of guanidine groups is 1. The third-order valence-electron chi connectivity index (χ3n) is 4.11. The van der Waals surface area contributed by atoms with Crippen LogP contribution in [-0.4, -0.2) is 51.4 Å². The van der Waals surface area contributed by atoms with Crippen LogP contribution in [0.1, 0.15) is 26.3 Å². The minimum atomic E-state index is 0. The molecule has 6 heteroatoms. The second-order valence-electron chi connectivity index (χ2n) is 6.14. The van der Waals surface area contributed by atoms with E-state index in [1.54, 1.807) is 7.11 Å². The molecule has 0 fully saturated rings. The van der Waals surface area contributed by atoms with Gasteiger partial charge in [-0.2, -0.15) is 0 Å². The fourth-order valence-electron chi connectivity index (χ4n) is 2.99. The van der Waals surface area contributed by atoms with Gasteiger partial charge in [-0.3, -0.25) is 4.99 Å². The molecule has 136 valence electrons. The smallest absolute Gasteiger partial charge is 0.191 e. The van der Waals surface area contributed by atoms with Gasteiger partial charge in [0.2, 0.25) is 0 Å². The minimum absolute atomic E-state index is 0. The summed E-state index contributed by atoms with van der Waals surface area (Å²) in [7, 11) is 1.72. The Kier molecular flexibility index (Phi) is 9.43. The van der Waals surface area contributed by atoms with Crippen LogP contribution < -0.4 is 15.5 Å². The number of nitrogens with one attached hydrogen (secondary N) is 2. The molecule has 0 saturated carbocycles. The van der Waals surface area contributed by atoms with Crippen molar-refractivity contribution in [3.63, 3.8) is 0 Å². The quantitative estimate of drug-likeness (QED) is 0.384. The van der Waals surface area contributed by atoms with Gasteiger partial charge in [-0.25, -0.2) is 0 Å². The average molecular weight is 446 g/mol. The predicted molar refractivity (Wildman–Crippen MR) is 113 cm³/mol. The Morgan fingerprint density at radius 2 is 2.08 bits per heavy atom. The number of methoxy groups -OCH3 is 1. The summed E-state index contributed by atoms with van der Waals surface area (Å²) >= 11 is 0. The van der Waals surface area contributed by atoms with Crippen LogP contribution in [0, 0.1) is 0 Å². The number of anilines is 1. The Hall–Kier alpha value is -1.02.